The van der Waals surface area contributed by atoms with Crippen molar-refractivity contribution in [1.82, 2.24) is 20.6 Å². The number of piperidine rings is 1. The van der Waals surface area contributed by atoms with Gasteiger partial charge in [0.1, 0.15) is 5.69 Å². The Morgan fingerprint density at radius 1 is 1.48 bits per heavy atom. The third kappa shape index (κ3) is 2.69. The van der Waals surface area contributed by atoms with E-state index >= 15 is 0 Å². The monoisotopic (exact) mass is 288 g/mol. The van der Waals surface area contributed by atoms with Gasteiger partial charge in [0.2, 0.25) is 0 Å². The van der Waals surface area contributed by atoms with Gasteiger partial charge >= 0.3 is 0 Å². The molecule has 1 aliphatic heterocycles. The summed E-state index contributed by atoms with van der Waals surface area (Å²) in [5.74, 6) is 0.827. The van der Waals surface area contributed by atoms with Crippen molar-refractivity contribution in [2.45, 2.75) is 25.7 Å². The number of hydrogen-bond acceptors (Lipinski definition) is 6. The number of nitrogens with zero attached hydrogens (tertiary/aromatic N) is 5. The maximum absolute atomic E-state index is 11.2. The number of nitro groups is 1. The second-order valence-corrected chi connectivity index (χ2v) is 5.30. The second-order valence-electron chi connectivity index (χ2n) is 5.30. The van der Waals surface area contributed by atoms with E-state index in [9.17, 15) is 10.1 Å². The number of nitrogens with one attached hydrogen (secondary N) is 1. The lowest BCUT2D eigenvalue weighted by molar-refractivity contribution is -0.384. The lowest BCUT2D eigenvalue weighted by Crippen LogP contribution is -2.35. The molecular weight excluding hydrogens is 272 g/mol. The fourth-order valence-corrected chi connectivity index (χ4v) is 2.79. The molecule has 0 spiro atoms. The minimum Gasteiger partial charge on any atom is -0.365 e. The van der Waals surface area contributed by atoms with Gasteiger partial charge in [0.15, 0.2) is 5.82 Å². The number of nitro benzene ring substituents is 1. The molecule has 0 amide bonds. The van der Waals surface area contributed by atoms with Crippen LogP contribution in [0.5, 0.6) is 0 Å². The summed E-state index contributed by atoms with van der Waals surface area (Å²) < 4.78 is 0. The SMILES string of the molecule is Cc1ccc([N+](=O)[O-])c(N2CCC[C@H](c3nn[nH]n3)C2)c1. The summed E-state index contributed by atoms with van der Waals surface area (Å²) in [6.45, 7) is 3.41. The first-order chi connectivity index (χ1) is 10.1. The molecule has 21 heavy (non-hydrogen) atoms. The molecule has 0 radical (unpaired) electrons. The number of aromatic amines is 1. The largest absolute Gasteiger partial charge is 0.365 e. The molecular formula is C13H16N6O2. The van der Waals surface area contributed by atoms with E-state index in [1.165, 1.54) is 0 Å². The average molecular weight is 288 g/mol. The normalized spacial score (nSPS) is 18.7. The van der Waals surface area contributed by atoms with Gasteiger partial charge in [0, 0.05) is 25.1 Å². The molecule has 3 rings (SSSR count). The Kier molecular flexibility index (Phi) is 3.51. The molecule has 1 aromatic carbocycles. The van der Waals surface area contributed by atoms with Crippen LogP contribution in [-0.4, -0.2) is 38.6 Å². The Labute approximate surface area is 121 Å². The van der Waals surface area contributed by atoms with Crippen LogP contribution in [0.1, 0.15) is 30.1 Å². The first kappa shape index (κ1) is 13.5. The summed E-state index contributed by atoms with van der Waals surface area (Å²) >= 11 is 0. The van der Waals surface area contributed by atoms with Gasteiger partial charge in [-0.2, -0.15) is 5.21 Å². The fraction of sp³-hybridized carbons (Fsp3) is 0.462. The molecule has 1 saturated heterocycles. The van der Waals surface area contributed by atoms with Crippen LogP contribution in [0.25, 0.3) is 0 Å². The van der Waals surface area contributed by atoms with Gasteiger partial charge < -0.3 is 4.90 Å². The van der Waals surface area contributed by atoms with Crippen LogP contribution in [0, 0.1) is 17.0 Å². The van der Waals surface area contributed by atoms with Crippen LogP contribution in [-0.2, 0) is 0 Å². The maximum Gasteiger partial charge on any atom is 0.292 e. The second kappa shape index (κ2) is 5.47. The Bertz CT molecular complexity index is 642. The summed E-state index contributed by atoms with van der Waals surface area (Å²) in [5.41, 5.74) is 1.83. The summed E-state index contributed by atoms with van der Waals surface area (Å²) in [7, 11) is 0. The minimum atomic E-state index is -0.327. The van der Waals surface area contributed by atoms with Gasteiger partial charge in [-0.15, -0.1) is 10.2 Å². The third-order valence-corrected chi connectivity index (χ3v) is 3.82. The van der Waals surface area contributed by atoms with Crippen molar-refractivity contribution >= 4 is 11.4 Å². The van der Waals surface area contributed by atoms with E-state index in [4.69, 9.17) is 0 Å². The molecule has 2 aromatic rings. The summed E-state index contributed by atoms with van der Waals surface area (Å²) in [5, 5.41) is 25.4. The third-order valence-electron chi connectivity index (χ3n) is 3.82. The number of anilines is 1. The molecule has 0 bridgehead atoms. The quantitative estimate of drug-likeness (QED) is 0.682. The number of hydrogen-bond donors (Lipinski definition) is 1. The van der Waals surface area contributed by atoms with Crippen LogP contribution >= 0.6 is 0 Å². The Morgan fingerprint density at radius 2 is 2.33 bits per heavy atom. The highest BCUT2D eigenvalue weighted by Crippen LogP contribution is 2.34. The Morgan fingerprint density at radius 3 is 3.05 bits per heavy atom. The standard InChI is InChI=1S/C13H16N6O2/c1-9-4-5-11(19(20)21)12(7-9)18-6-2-3-10(8-18)13-14-16-17-15-13/h4-5,7,10H,2-3,6,8H2,1H3,(H,14,15,16,17)/t10-/m0/s1. The van der Waals surface area contributed by atoms with Crippen molar-refractivity contribution in [3.05, 3.63) is 39.7 Å². The fourth-order valence-electron chi connectivity index (χ4n) is 2.79. The van der Waals surface area contributed by atoms with Crippen molar-refractivity contribution in [3.8, 4) is 0 Å². The minimum absolute atomic E-state index is 0.148. The molecule has 0 unspecified atom stereocenters. The number of aromatic nitrogens is 4. The Balaban J connectivity index is 1.89. The highest BCUT2D eigenvalue weighted by Gasteiger charge is 2.28. The van der Waals surface area contributed by atoms with Crippen molar-refractivity contribution in [1.29, 1.82) is 0 Å². The number of H-pyrrole nitrogens is 1. The van der Waals surface area contributed by atoms with Gasteiger partial charge in [-0.05, 0) is 31.4 Å². The van der Waals surface area contributed by atoms with Crippen LogP contribution < -0.4 is 4.90 Å². The maximum atomic E-state index is 11.2. The number of aryl methyl sites for hydroxylation is 1. The van der Waals surface area contributed by atoms with Crippen molar-refractivity contribution in [3.63, 3.8) is 0 Å². The molecule has 8 heteroatoms. The van der Waals surface area contributed by atoms with E-state index in [-0.39, 0.29) is 16.5 Å². The highest BCUT2D eigenvalue weighted by molar-refractivity contribution is 5.64. The van der Waals surface area contributed by atoms with E-state index in [0.717, 1.165) is 24.9 Å². The first-order valence-electron chi connectivity index (χ1n) is 6.88. The molecule has 1 aromatic heterocycles. The molecule has 2 heterocycles. The molecule has 8 nitrogen and oxygen atoms in total. The summed E-state index contributed by atoms with van der Waals surface area (Å²) in [4.78, 5) is 12.9. The molecule has 0 aliphatic carbocycles. The molecule has 1 atom stereocenters. The van der Waals surface area contributed by atoms with Gasteiger partial charge in [-0.1, -0.05) is 11.3 Å². The topological polar surface area (TPSA) is 101 Å². The molecule has 110 valence electrons. The van der Waals surface area contributed by atoms with Gasteiger partial charge in [-0.3, -0.25) is 10.1 Å². The Hall–Kier alpha value is -2.51. The highest BCUT2D eigenvalue weighted by atomic mass is 16.6. The van der Waals surface area contributed by atoms with E-state index in [0.29, 0.717) is 18.1 Å². The molecule has 1 N–H and O–H groups in total. The number of benzene rings is 1. The van der Waals surface area contributed by atoms with Crippen LogP contribution in [0.3, 0.4) is 0 Å². The van der Waals surface area contributed by atoms with Crippen LogP contribution in [0.15, 0.2) is 18.2 Å². The van der Waals surface area contributed by atoms with Gasteiger partial charge in [-0.25, -0.2) is 0 Å². The van der Waals surface area contributed by atoms with Crippen molar-refractivity contribution in [2.75, 3.05) is 18.0 Å². The summed E-state index contributed by atoms with van der Waals surface area (Å²) in [6.07, 6.45) is 1.92. The molecule has 0 saturated carbocycles. The summed E-state index contributed by atoms with van der Waals surface area (Å²) in [6, 6.07) is 5.21. The zero-order chi connectivity index (χ0) is 14.8. The van der Waals surface area contributed by atoms with Crippen molar-refractivity contribution < 1.29 is 4.92 Å². The zero-order valence-corrected chi connectivity index (χ0v) is 11.7. The lowest BCUT2D eigenvalue weighted by atomic mass is 9.96. The van der Waals surface area contributed by atoms with Gasteiger partial charge in [0.05, 0.1) is 4.92 Å². The average Bonchev–Trinajstić information content (AvgIpc) is 3.01. The lowest BCUT2D eigenvalue weighted by Gasteiger charge is -2.32. The van der Waals surface area contributed by atoms with E-state index in [1.807, 2.05) is 13.0 Å². The smallest absolute Gasteiger partial charge is 0.292 e. The van der Waals surface area contributed by atoms with E-state index in [1.54, 1.807) is 12.1 Å². The predicted molar refractivity (Wildman–Crippen MR) is 76.2 cm³/mol. The van der Waals surface area contributed by atoms with E-state index in [2.05, 4.69) is 25.5 Å². The number of rotatable bonds is 3. The van der Waals surface area contributed by atoms with E-state index < -0.39 is 0 Å². The predicted octanol–water partition coefficient (Wildman–Crippen LogP) is 1.80. The number of tetrazole rings is 1. The molecule has 1 aliphatic rings. The van der Waals surface area contributed by atoms with Crippen molar-refractivity contribution in [2.24, 2.45) is 0 Å². The van der Waals surface area contributed by atoms with Crippen LogP contribution in [0.4, 0.5) is 11.4 Å². The molecule has 1 fully saturated rings. The zero-order valence-electron chi connectivity index (χ0n) is 11.7. The van der Waals surface area contributed by atoms with Gasteiger partial charge in [0.25, 0.3) is 5.69 Å². The first-order valence-corrected chi connectivity index (χ1v) is 6.88. The van der Waals surface area contributed by atoms with Crippen LogP contribution in [0.2, 0.25) is 0 Å².